The Kier molecular flexibility index (Phi) is 5.23. The van der Waals surface area contributed by atoms with Crippen molar-refractivity contribution in [2.75, 3.05) is 6.54 Å². The summed E-state index contributed by atoms with van der Waals surface area (Å²) in [7, 11) is 0. The molecule has 0 saturated heterocycles. The highest BCUT2D eigenvalue weighted by atomic mass is 79.9. The second kappa shape index (κ2) is 7.57. The third-order valence-corrected chi connectivity index (χ3v) is 4.32. The van der Waals surface area contributed by atoms with Crippen LogP contribution in [0.5, 0.6) is 0 Å². The number of amides is 1. The number of aryl methyl sites for hydroxylation is 1. The van der Waals surface area contributed by atoms with Gasteiger partial charge in [-0.1, -0.05) is 15.9 Å². The predicted molar refractivity (Wildman–Crippen MR) is 98.8 cm³/mol. The van der Waals surface area contributed by atoms with Crippen LogP contribution in [0.2, 0.25) is 0 Å². The summed E-state index contributed by atoms with van der Waals surface area (Å²) in [6, 6.07) is 7.77. The first-order chi connectivity index (χ1) is 12.0. The van der Waals surface area contributed by atoms with Gasteiger partial charge in [0.2, 0.25) is 0 Å². The smallest absolute Gasteiger partial charge is 0.254 e. The third-order valence-electron chi connectivity index (χ3n) is 3.79. The van der Waals surface area contributed by atoms with Gasteiger partial charge in [-0.3, -0.25) is 4.79 Å². The SMILES string of the molecule is Cc1cnc(CCNC(=O)c2cnn(-c3ccc(Br)cc3)c2C)nc1. The minimum Gasteiger partial charge on any atom is -0.351 e. The number of carbonyl (C=O) groups excluding carboxylic acids is 1. The number of rotatable bonds is 5. The first kappa shape index (κ1) is 17.3. The molecule has 7 heteroatoms. The zero-order valence-electron chi connectivity index (χ0n) is 14.0. The van der Waals surface area contributed by atoms with E-state index in [4.69, 9.17) is 0 Å². The molecule has 0 saturated carbocycles. The Labute approximate surface area is 154 Å². The minimum atomic E-state index is -0.145. The molecule has 1 amide bonds. The molecule has 1 N–H and O–H groups in total. The summed E-state index contributed by atoms with van der Waals surface area (Å²) < 4.78 is 2.75. The molecule has 6 nitrogen and oxygen atoms in total. The summed E-state index contributed by atoms with van der Waals surface area (Å²) in [6.45, 7) is 4.30. The van der Waals surface area contributed by atoms with E-state index in [2.05, 4.69) is 36.3 Å². The average Bonchev–Trinajstić information content (AvgIpc) is 2.99. The van der Waals surface area contributed by atoms with Gasteiger partial charge in [0.15, 0.2) is 0 Å². The molecule has 1 aromatic carbocycles. The molecular weight excluding hydrogens is 382 g/mol. The molecule has 128 valence electrons. The Morgan fingerprint density at radius 3 is 2.48 bits per heavy atom. The molecule has 0 bridgehead atoms. The number of nitrogens with zero attached hydrogens (tertiary/aromatic N) is 4. The lowest BCUT2D eigenvalue weighted by atomic mass is 10.2. The molecule has 0 aliphatic carbocycles. The molecule has 0 radical (unpaired) electrons. The van der Waals surface area contributed by atoms with E-state index in [0.717, 1.165) is 21.4 Å². The Morgan fingerprint density at radius 2 is 1.80 bits per heavy atom. The summed E-state index contributed by atoms with van der Waals surface area (Å²) in [5.74, 6) is 0.571. The van der Waals surface area contributed by atoms with Gasteiger partial charge in [-0.25, -0.2) is 14.6 Å². The van der Waals surface area contributed by atoms with E-state index < -0.39 is 0 Å². The molecule has 0 unspecified atom stereocenters. The lowest BCUT2D eigenvalue weighted by molar-refractivity contribution is 0.0953. The fourth-order valence-corrected chi connectivity index (χ4v) is 2.67. The number of hydrogen-bond acceptors (Lipinski definition) is 4. The molecule has 0 spiro atoms. The summed E-state index contributed by atoms with van der Waals surface area (Å²) in [4.78, 5) is 20.9. The quantitative estimate of drug-likeness (QED) is 0.715. The van der Waals surface area contributed by atoms with Gasteiger partial charge in [-0.2, -0.15) is 5.10 Å². The van der Waals surface area contributed by atoms with Crippen LogP contribution in [0.3, 0.4) is 0 Å². The molecule has 3 aromatic rings. The zero-order chi connectivity index (χ0) is 17.8. The fourth-order valence-electron chi connectivity index (χ4n) is 2.41. The normalized spacial score (nSPS) is 10.7. The summed E-state index contributed by atoms with van der Waals surface area (Å²) in [6.07, 6.45) is 5.73. The molecule has 3 rings (SSSR count). The number of halogens is 1. The molecule has 0 aliphatic rings. The maximum Gasteiger partial charge on any atom is 0.254 e. The van der Waals surface area contributed by atoms with Crippen LogP contribution in [0.15, 0.2) is 47.3 Å². The van der Waals surface area contributed by atoms with Crippen LogP contribution in [0.4, 0.5) is 0 Å². The van der Waals surface area contributed by atoms with Gasteiger partial charge in [0.25, 0.3) is 5.91 Å². The number of benzene rings is 1. The van der Waals surface area contributed by atoms with E-state index >= 15 is 0 Å². The van der Waals surface area contributed by atoms with Crippen molar-refractivity contribution in [3.63, 3.8) is 0 Å². The van der Waals surface area contributed by atoms with Gasteiger partial charge in [0, 0.05) is 29.8 Å². The third kappa shape index (κ3) is 4.11. The summed E-state index contributed by atoms with van der Waals surface area (Å²) >= 11 is 3.41. The van der Waals surface area contributed by atoms with Gasteiger partial charge in [0.1, 0.15) is 5.82 Å². The van der Waals surface area contributed by atoms with Gasteiger partial charge in [-0.15, -0.1) is 0 Å². The van der Waals surface area contributed by atoms with E-state index in [1.807, 2.05) is 38.1 Å². The molecular formula is C18H18BrN5O. The second-order valence-electron chi connectivity index (χ2n) is 5.71. The number of aromatic nitrogens is 4. The Hall–Kier alpha value is -2.54. The highest BCUT2D eigenvalue weighted by Crippen LogP contribution is 2.17. The van der Waals surface area contributed by atoms with Crippen LogP contribution < -0.4 is 5.32 Å². The molecule has 25 heavy (non-hydrogen) atoms. The first-order valence-corrected chi connectivity index (χ1v) is 8.70. The second-order valence-corrected chi connectivity index (χ2v) is 6.63. The van der Waals surface area contributed by atoms with Crippen LogP contribution in [-0.2, 0) is 6.42 Å². The van der Waals surface area contributed by atoms with Gasteiger partial charge in [-0.05, 0) is 43.7 Å². The Morgan fingerprint density at radius 1 is 1.12 bits per heavy atom. The summed E-state index contributed by atoms with van der Waals surface area (Å²) in [5, 5.41) is 7.23. The maximum atomic E-state index is 12.4. The Balaban J connectivity index is 1.64. The van der Waals surface area contributed by atoms with Crippen LogP contribution >= 0.6 is 15.9 Å². The highest BCUT2D eigenvalue weighted by molar-refractivity contribution is 9.10. The molecule has 0 aliphatic heterocycles. The van der Waals surface area contributed by atoms with Crippen molar-refractivity contribution in [1.82, 2.24) is 25.1 Å². The van der Waals surface area contributed by atoms with E-state index in [1.165, 1.54) is 0 Å². The molecule has 0 fully saturated rings. The average molecular weight is 400 g/mol. The lowest BCUT2D eigenvalue weighted by Gasteiger charge is -2.07. The standard InChI is InChI=1S/C18H18BrN5O/c1-12-9-21-17(22-10-12)7-8-20-18(25)16-11-23-24(13(16)2)15-5-3-14(19)4-6-15/h3-6,9-11H,7-8H2,1-2H3,(H,20,25). The van der Waals surface area contributed by atoms with Gasteiger partial charge >= 0.3 is 0 Å². The first-order valence-electron chi connectivity index (χ1n) is 7.91. The van der Waals surface area contributed by atoms with Crippen LogP contribution in [-0.4, -0.2) is 32.2 Å². The van der Waals surface area contributed by atoms with E-state index in [9.17, 15) is 4.79 Å². The minimum absolute atomic E-state index is 0.145. The molecule has 2 aromatic heterocycles. The lowest BCUT2D eigenvalue weighted by Crippen LogP contribution is -2.26. The maximum absolute atomic E-state index is 12.4. The highest BCUT2D eigenvalue weighted by Gasteiger charge is 2.14. The largest absolute Gasteiger partial charge is 0.351 e. The zero-order valence-corrected chi connectivity index (χ0v) is 15.6. The van der Waals surface area contributed by atoms with Crippen LogP contribution in [0.25, 0.3) is 5.69 Å². The Bertz CT molecular complexity index is 871. The van der Waals surface area contributed by atoms with Crippen molar-refractivity contribution in [2.45, 2.75) is 20.3 Å². The van der Waals surface area contributed by atoms with Gasteiger partial charge in [0.05, 0.1) is 23.1 Å². The van der Waals surface area contributed by atoms with Crippen molar-refractivity contribution in [3.05, 3.63) is 70.0 Å². The van der Waals surface area contributed by atoms with Crippen molar-refractivity contribution in [3.8, 4) is 5.69 Å². The summed E-state index contributed by atoms with van der Waals surface area (Å²) in [5.41, 5.74) is 3.29. The molecule has 0 atom stereocenters. The number of hydrogen-bond donors (Lipinski definition) is 1. The predicted octanol–water partition coefficient (Wildman–Crippen LogP) is 3.01. The van der Waals surface area contributed by atoms with E-state index in [1.54, 1.807) is 23.3 Å². The molecule has 2 heterocycles. The van der Waals surface area contributed by atoms with Crippen molar-refractivity contribution < 1.29 is 4.79 Å². The van der Waals surface area contributed by atoms with Crippen molar-refractivity contribution >= 4 is 21.8 Å². The number of nitrogens with one attached hydrogen (secondary N) is 1. The van der Waals surface area contributed by atoms with E-state index in [0.29, 0.717) is 24.4 Å². The van der Waals surface area contributed by atoms with E-state index in [-0.39, 0.29) is 5.91 Å². The fraction of sp³-hybridized carbons (Fsp3) is 0.222. The van der Waals surface area contributed by atoms with Crippen molar-refractivity contribution in [2.24, 2.45) is 0 Å². The van der Waals surface area contributed by atoms with Crippen LogP contribution in [0, 0.1) is 13.8 Å². The van der Waals surface area contributed by atoms with Gasteiger partial charge < -0.3 is 5.32 Å². The number of carbonyl (C=O) groups is 1. The topological polar surface area (TPSA) is 72.7 Å². The van der Waals surface area contributed by atoms with Crippen molar-refractivity contribution in [1.29, 1.82) is 0 Å². The van der Waals surface area contributed by atoms with Crippen LogP contribution in [0.1, 0.15) is 27.4 Å². The monoisotopic (exact) mass is 399 g/mol.